The number of aromatic nitrogens is 4. The van der Waals surface area contributed by atoms with Gasteiger partial charge in [0.05, 0.1) is 29.6 Å². The molecule has 0 aliphatic carbocycles. The topological polar surface area (TPSA) is 87.8 Å². The number of primary amides is 1. The molecule has 0 spiro atoms. The lowest BCUT2D eigenvalue weighted by Crippen LogP contribution is -2.24. The Bertz CT molecular complexity index is 1510. The van der Waals surface area contributed by atoms with E-state index in [9.17, 15) is 9.59 Å². The number of amides is 1. The molecule has 0 fully saturated rings. The van der Waals surface area contributed by atoms with Crippen LogP contribution in [0.15, 0.2) is 77.6 Å². The van der Waals surface area contributed by atoms with Crippen LogP contribution in [0.3, 0.4) is 0 Å². The molecule has 2 heterocycles. The normalized spacial score (nSPS) is 11.4. The smallest absolute Gasteiger partial charge is 0.329 e. The van der Waals surface area contributed by atoms with Crippen LogP contribution in [0.1, 0.15) is 28.5 Å². The summed E-state index contributed by atoms with van der Waals surface area (Å²) in [6.07, 6.45) is 0. The number of aryl methyl sites for hydroxylation is 1. The number of para-hydroxylation sites is 3. The van der Waals surface area contributed by atoms with Crippen LogP contribution in [0.4, 0.5) is 0 Å². The van der Waals surface area contributed by atoms with E-state index in [1.165, 1.54) is 0 Å². The van der Waals surface area contributed by atoms with Crippen molar-refractivity contribution in [3.8, 4) is 0 Å². The van der Waals surface area contributed by atoms with Gasteiger partial charge in [0.2, 0.25) is 0 Å². The predicted octanol–water partition coefficient (Wildman–Crippen LogP) is 3.37. The fourth-order valence-electron chi connectivity index (χ4n) is 4.27. The molecule has 5 aromatic rings. The van der Waals surface area contributed by atoms with Gasteiger partial charge >= 0.3 is 5.69 Å². The number of imidazole rings is 1. The fourth-order valence-corrected chi connectivity index (χ4v) is 4.27. The fraction of sp³-hybridized carbons (Fsp3) is 0.160. The number of nitrogens with two attached hydrogens (primary N) is 1. The summed E-state index contributed by atoms with van der Waals surface area (Å²) in [5, 5.41) is 5.18. The van der Waals surface area contributed by atoms with Gasteiger partial charge in [-0.1, -0.05) is 54.6 Å². The molecule has 160 valence electrons. The lowest BCUT2D eigenvalue weighted by molar-refractivity contribution is 0.0996. The maximum atomic E-state index is 12.9. The van der Waals surface area contributed by atoms with Crippen molar-refractivity contribution < 1.29 is 4.79 Å². The molecule has 1 amide bonds. The van der Waals surface area contributed by atoms with Crippen LogP contribution in [-0.2, 0) is 19.6 Å². The maximum Gasteiger partial charge on any atom is 0.329 e. The highest BCUT2D eigenvalue weighted by Gasteiger charge is 2.15. The minimum absolute atomic E-state index is 0.000214. The van der Waals surface area contributed by atoms with Crippen molar-refractivity contribution in [2.24, 2.45) is 5.73 Å². The standard InChI is InChI=1S/C25H23N5O2/c1-2-28-21-9-5-6-10-22(21)29(25(28)32)15-17-11-13-18(14-12-17)16-30-20-8-4-3-7-19(20)23(27-30)24(26)31/h3-14H,2,15-16H2,1H3,(H2,26,31). The molecule has 0 aliphatic heterocycles. The Morgan fingerprint density at radius 1 is 0.812 bits per heavy atom. The summed E-state index contributed by atoms with van der Waals surface area (Å²) >= 11 is 0. The molecule has 0 atom stereocenters. The first-order chi connectivity index (χ1) is 15.6. The molecule has 0 saturated carbocycles. The van der Waals surface area contributed by atoms with E-state index in [-0.39, 0.29) is 11.4 Å². The van der Waals surface area contributed by atoms with E-state index in [0.29, 0.717) is 19.6 Å². The van der Waals surface area contributed by atoms with Gasteiger partial charge in [0, 0.05) is 11.9 Å². The van der Waals surface area contributed by atoms with E-state index in [1.54, 1.807) is 9.25 Å². The Kier molecular flexibility index (Phi) is 4.86. The van der Waals surface area contributed by atoms with Gasteiger partial charge in [-0.25, -0.2) is 4.79 Å². The number of benzene rings is 3. The summed E-state index contributed by atoms with van der Waals surface area (Å²) in [6.45, 7) is 3.64. The van der Waals surface area contributed by atoms with Crippen LogP contribution in [0.5, 0.6) is 0 Å². The first-order valence-electron chi connectivity index (χ1n) is 10.6. The molecule has 7 nitrogen and oxygen atoms in total. The number of hydrogen-bond acceptors (Lipinski definition) is 3. The average Bonchev–Trinajstić information content (AvgIpc) is 3.30. The van der Waals surface area contributed by atoms with Crippen LogP contribution < -0.4 is 11.4 Å². The van der Waals surface area contributed by atoms with Crippen LogP contribution in [-0.4, -0.2) is 24.8 Å². The quantitative estimate of drug-likeness (QED) is 0.452. The van der Waals surface area contributed by atoms with Crippen molar-refractivity contribution >= 4 is 27.8 Å². The Morgan fingerprint density at radius 3 is 2.00 bits per heavy atom. The largest absolute Gasteiger partial charge is 0.364 e. The van der Waals surface area contributed by atoms with Gasteiger partial charge in [-0.15, -0.1) is 0 Å². The monoisotopic (exact) mass is 425 g/mol. The van der Waals surface area contributed by atoms with Gasteiger partial charge in [0.15, 0.2) is 5.69 Å². The van der Waals surface area contributed by atoms with Crippen LogP contribution >= 0.6 is 0 Å². The Hall–Kier alpha value is -4.13. The second kappa shape index (κ2) is 7.85. The number of carbonyl (C=O) groups is 1. The highest BCUT2D eigenvalue weighted by atomic mass is 16.2. The van der Waals surface area contributed by atoms with Crippen LogP contribution in [0.25, 0.3) is 21.9 Å². The molecule has 7 heteroatoms. The summed E-state index contributed by atoms with van der Waals surface area (Å²) < 4.78 is 5.40. The van der Waals surface area contributed by atoms with Gasteiger partial charge in [0.1, 0.15) is 0 Å². The first-order valence-corrected chi connectivity index (χ1v) is 10.6. The van der Waals surface area contributed by atoms with Crippen molar-refractivity contribution in [1.29, 1.82) is 0 Å². The molecule has 5 rings (SSSR count). The zero-order valence-electron chi connectivity index (χ0n) is 17.7. The van der Waals surface area contributed by atoms with Crippen molar-refractivity contribution in [2.45, 2.75) is 26.6 Å². The minimum Gasteiger partial charge on any atom is -0.364 e. The molecule has 2 aromatic heterocycles. The molecule has 0 saturated heterocycles. The molecular formula is C25H23N5O2. The third kappa shape index (κ3) is 3.28. The Labute approximate surface area is 184 Å². The van der Waals surface area contributed by atoms with E-state index in [0.717, 1.165) is 33.1 Å². The van der Waals surface area contributed by atoms with Crippen molar-refractivity contribution in [1.82, 2.24) is 18.9 Å². The second-order valence-electron chi connectivity index (χ2n) is 7.81. The molecule has 0 aliphatic rings. The van der Waals surface area contributed by atoms with Gasteiger partial charge < -0.3 is 5.73 Å². The number of hydrogen-bond donors (Lipinski definition) is 1. The van der Waals surface area contributed by atoms with Gasteiger partial charge in [0.25, 0.3) is 5.91 Å². The van der Waals surface area contributed by atoms with Crippen molar-refractivity contribution in [3.63, 3.8) is 0 Å². The van der Waals surface area contributed by atoms with Gasteiger partial charge in [-0.3, -0.25) is 18.6 Å². The predicted molar refractivity (Wildman–Crippen MR) is 125 cm³/mol. The molecule has 3 aromatic carbocycles. The number of rotatable bonds is 6. The van der Waals surface area contributed by atoms with Crippen LogP contribution in [0, 0.1) is 0 Å². The second-order valence-corrected chi connectivity index (χ2v) is 7.81. The van der Waals surface area contributed by atoms with E-state index in [1.807, 2.05) is 84.3 Å². The third-order valence-corrected chi connectivity index (χ3v) is 5.83. The lowest BCUT2D eigenvalue weighted by atomic mass is 10.1. The van der Waals surface area contributed by atoms with E-state index < -0.39 is 5.91 Å². The van der Waals surface area contributed by atoms with Crippen molar-refractivity contribution in [3.05, 3.63) is 100 Å². The number of carbonyl (C=O) groups excluding carboxylic acids is 1. The molecule has 2 N–H and O–H groups in total. The molecule has 32 heavy (non-hydrogen) atoms. The number of fused-ring (bicyclic) bond motifs is 2. The summed E-state index contributed by atoms with van der Waals surface area (Å²) in [5.41, 5.74) is 10.6. The highest BCUT2D eigenvalue weighted by molar-refractivity contribution is 6.04. The Morgan fingerprint density at radius 2 is 1.38 bits per heavy atom. The van der Waals surface area contributed by atoms with Gasteiger partial charge in [-0.2, -0.15) is 5.10 Å². The summed E-state index contributed by atoms with van der Waals surface area (Å²) in [7, 11) is 0. The minimum atomic E-state index is -0.535. The molecular weight excluding hydrogens is 402 g/mol. The molecule has 0 radical (unpaired) electrons. The summed E-state index contributed by atoms with van der Waals surface area (Å²) in [6, 6.07) is 23.6. The highest BCUT2D eigenvalue weighted by Crippen LogP contribution is 2.20. The third-order valence-electron chi connectivity index (χ3n) is 5.83. The number of nitrogens with zero attached hydrogens (tertiary/aromatic N) is 4. The summed E-state index contributed by atoms with van der Waals surface area (Å²) in [4.78, 5) is 24.7. The lowest BCUT2D eigenvalue weighted by Gasteiger charge is -2.07. The SMILES string of the molecule is CCn1c(=O)n(Cc2ccc(Cn3nc(C(N)=O)c4ccccc43)cc2)c2ccccc21. The van der Waals surface area contributed by atoms with E-state index >= 15 is 0 Å². The van der Waals surface area contributed by atoms with Crippen LogP contribution in [0.2, 0.25) is 0 Å². The first kappa shape index (κ1) is 19.8. The van der Waals surface area contributed by atoms with Crippen molar-refractivity contribution in [2.75, 3.05) is 0 Å². The molecule has 0 unspecified atom stereocenters. The summed E-state index contributed by atoms with van der Waals surface area (Å²) in [5.74, 6) is -0.535. The van der Waals surface area contributed by atoms with E-state index in [4.69, 9.17) is 5.73 Å². The van der Waals surface area contributed by atoms with Gasteiger partial charge in [-0.05, 0) is 36.2 Å². The Balaban J connectivity index is 1.44. The molecule has 0 bridgehead atoms. The maximum absolute atomic E-state index is 12.9. The zero-order valence-corrected chi connectivity index (χ0v) is 17.7. The van der Waals surface area contributed by atoms with E-state index in [2.05, 4.69) is 5.10 Å². The average molecular weight is 425 g/mol. The zero-order chi connectivity index (χ0) is 22.2.